The molecule has 7 nitrogen and oxygen atoms in total. The Hall–Kier alpha value is -2.87. The predicted molar refractivity (Wildman–Crippen MR) is 110 cm³/mol. The van der Waals surface area contributed by atoms with Crippen LogP contribution in [-0.4, -0.2) is 45.0 Å². The second-order valence-corrected chi connectivity index (χ2v) is 7.25. The van der Waals surface area contributed by atoms with E-state index in [4.69, 9.17) is 0 Å². The van der Waals surface area contributed by atoms with E-state index in [-0.39, 0.29) is 30.8 Å². The molecule has 0 aliphatic heterocycles. The van der Waals surface area contributed by atoms with Crippen molar-refractivity contribution in [2.24, 2.45) is 0 Å². The van der Waals surface area contributed by atoms with E-state index in [0.29, 0.717) is 11.4 Å². The zero-order valence-corrected chi connectivity index (χ0v) is 16.5. The van der Waals surface area contributed by atoms with Crippen LogP contribution in [0, 0.1) is 0 Å². The van der Waals surface area contributed by atoms with Gasteiger partial charge in [0.15, 0.2) is 11.5 Å². The summed E-state index contributed by atoms with van der Waals surface area (Å²) < 4.78 is 1.89. The quantitative estimate of drug-likeness (QED) is 0.579. The van der Waals surface area contributed by atoms with Gasteiger partial charge >= 0.3 is 0 Å². The van der Waals surface area contributed by atoms with E-state index < -0.39 is 0 Å². The van der Waals surface area contributed by atoms with Crippen LogP contribution in [0.3, 0.4) is 0 Å². The molecule has 0 aliphatic rings. The van der Waals surface area contributed by atoms with Crippen molar-refractivity contribution in [1.82, 2.24) is 25.2 Å². The van der Waals surface area contributed by atoms with Crippen molar-refractivity contribution >= 4 is 29.2 Å². The van der Waals surface area contributed by atoms with E-state index in [9.17, 15) is 9.59 Å². The third-order valence-electron chi connectivity index (χ3n) is 4.27. The van der Waals surface area contributed by atoms with E-state index in [0.717, 1.165) is 17.8 Å². The molecule has 0 saturated heterocycles. The smallest absolute Gasteiger partial charge is 0.251 e. The number of hydrogen-bond acceptors (Lipinski definition) is 5. The number of amides is 2. The molecule has 0 spiro atoms. The van der Waals surface area contributed by atoms with Gasteiger partial charge in [-0.1, -0.05) is 24.3 Å². The fourth-order valence-electron chi connectivity index (χ4n) is 2.85. The molecule has 8 heteroatoms. The maximum atomic E-state index is 12.4. The summed E-state index contributed by atoms with van der Waals surface area (Å²) in [4.78, 5) is 24.5. The predicted octanol–water partition coefficient (Wildman–Crippen LogP) is 2.46. The van der Waals surface area contributed by atoms with E-state index in [2.05, 4.69) is 20.8 Å². The molecule has 0 bridgehead atoms. The van der Waals surface area contributed by atoms with Gasteiger partial charge in [0.2, 0.25) is 5.91 Å². The number of pyridine rings is 1. The van der Waals surface area contributed by atoms with Gasteiger partial charge in [0.1, 0.15) is 0 Å². The molecule has 0 fully saturated rings. The molecule has 3 aromatic rings. The Labute approximate surface area is 167 Å². The van der Waals surface area contributed by atoms with E-state index in [1.54, 1.807) is 36.0 Å². The second kappa shape index (κ2) is 9.89. The molecule has 3 rings (SSSR count). The van der Waals surface area contributed by atoms with Crippen LogP contribution >= 0.6 is 11.8 Å². The molecular weight excluding hydrogens is 374 g/mol. The maximum Gasteiger partial charge on any atom is 0.251 e. The minimum absolute atomic E-state index is 0.132. The number of carbonyl (C=O) groups is 2. The molecule has 2 N–H and O–H groups in total. The lowest BCUT2D eigenvalue weighted by Crippen LogP contribution is -2.34. The standard InChI is InChI=1S/C20H23N5O2S/c1-28-14-11-16(19-24-23-17-9-5-6-13-25(17)19)22-18(26)10-12-21-20(27)15-7-3-2-4-8-15/h2-9,13,16H,10-12,14H2,1H3,(H,21,27)(H,22,26). The third kappa shape index (κ3) is 5.10. The highest BCUT2D eigenvalue weighted by atomic mass is 32.2. The van der Waals surface area contributed by atoms with Gasteiger partial charge < -0.3 is 10.6 Å². The van der Waals surface area contributed by atoms with Crippen molar-refractivity contribution < 1.29 is 9.59 Å². The van der Waals surface area contributed by atoms with Crippen molar-refractivity contribution in [2.45, 2.75) is 18.9 Å². The number of thioether (sulfide) groups is 1. The first-order chi connectivity index (χ1) is 13.7. The molecular formula is C20H23N5O2S. The molecule has 0 aliphatic carbocycles. The molecule has 146 valence electrons. The zero-order valence-electron chi connectivity index (χ0n) is 15.7. The van der Waals surface area contributed by atoms with Crippen LogP contribution in [0.15, 0.2) is 54.7 Å². The maximum absolute atomic E-state index is 12.4. The van der Waals surface area contributed by atoms with Gasteiger partial charge in [0.25, 0.3) is 5.91 Å². The largest absolute Gasteiger partial charge is 0.352 e. The van der Waals surface area contributed by atoms with Crippen LogP contribution < -0.4 is 10.6 Å². The topological polar surface area (TPSA) is 88.4 Å². The van der Waals surface area contributed by atoms with Crippen molar-refractivity contribution in [3.8, 4) is 0 Å². The highest BCUT2D eigenvalue weighted by Crippen LogP contribution is 2.18. The van der Waals surface area contributed by atoms with Crippen molar-refractivity contribution in [3.05, 3.63) is 66.1 Å². The average molecular weight is 398 g/mol. The number of nitrogens with zero attached hydrogens (tertiary/aromatic N) is 3. The van der Waals surface area contributed by atoms with Crippen LogP contribution in [0.4, 0.5) is 0 Å². The molecule has 1 atom stereocenters. The van der Waals surface area contributed by atoms with Crippen molar-refractivity contribution in [2.75, 3.05) is 18.6 Å². The molecule has 2 aromatic heterocycles. The summed E-state index contributed by atoms with van der Waals surface area (Å²) >= 11 is 1.71. The summed E-state index contributed by atoms with van der Waals surface area (Å²) in [5.74, 6) is 1.28. The number of aromatic nitrogens is 3. The first-order valence-corrected chi connectivity index (χ1v) is 10.5. The van der Waals surface area contributed by atoms with Crippen molar-refractivity contribution in [1.29, 1.82) is 0 Å². The molecule has 2 amide bonds. The first-order valence-electron chi connectivity index (χ1n) is 9.10. The summed E-state index contributed by atoms with van der Waals surface area (Å²) in [6.07, 6.45) is 4.87. The minimum Gasteiger partial charge on any atom is -0.352 e. The van der Waals surface area contributed by atoms with Crippen LogP contribution in [0.1, 0.15) is 35.1 Å². The fourth-order valence-corrected chi connectivity index (χ4v) is 3.32. The van der Waals surface area contributed by atoms with E-state index >= 15 is 0 Å². The van der Waals surface area contributed by atoms with Gasteiger partial charge in [-0.05, 0) is 42.7 Å². The van der Waals surface area contributed by atoms with Gasteiger partial charge in [0.05, 0.1) is 6.04 Å². The normalized spacial score (nSPS) is 11.9. The minimum atomic E-state index is -0.234. The molecule has 0 saturated carbocycles. The van der Waals surface area contributed by atoms with Gasteiger partial charge in [-0.2, -0.15) is 11.8 Å². The zero-order chi connectivity index (χ0) is 19.8. The van der Waals surface area contributed by atoms with Crippen LogP contribution in [0.2, 0.25) is 0 Å². The SMILES string of the molecule is CSCCC(NC(=O)CCNC(=O)c1ccccc1)c1nnc2ccccn12. The Morgan fingerprint density at radius 1 is 1.11 bits per heavy atom. The Bertz CT molecular complexity index is 929. The Kier molecular flexibility index (Phi) is 7.02. The lowest BCUT2D eigenvalue weighted by molar-refractivity contribution is -0.121. The Morgan fingerprint density at radius 3 is 2.68 bits per heavy atom. The monoisotopic (exact) mass is 397 g/mol. The molecule has 1 unspecified atom stereocenters. The lowest BCUT2D eigenvalue weighted by atomic mass is 10.2. The number of rotatable bonds is 9. The van der Waals surface area contributed by atoms with Crippen LogP contribution in [0.5, 0.6) is 0 Å². The van der Waals surface area contributed by atoms with E-state index in [1.807, 2.05) is 41.1 Å². The second-order valence-electron chi connectivity index (χ2n) is 6.26. The molecule has 28 heavy (non-hydrogen) atoms. The van der Waals surface area contributed by atoms with Gasteiger partial charge in [0, 0.05) is 24.7 Å². The fraction of sp³-hybridized carbons (Fsp3) is 0.300. The number of benzene rings is 1. The Balaban J connectivity index is 1.58. The summed E-state index contributed by atoms with van der Waals surface area (Å²) in [6, 6.07) is 14.4. The summed E-state index contributed by atoms with van der Waals surface area (Å²) in [6.45, 7) is 0.273. The molecule has 2 heterocycles. The Morgan fingerprint density at radius 2 is 1.89 bits per heavy atom. The highest BCUT2D eigenvalue weighted by Gasteiger charge is 2.20. The van der Waals surface area contributed by atoms with Gasteiger partial charge in [-0.3, -0.25) is 14.0 Å². The van der Waals surface area contributed by atoms with E-state index in [1.165, 1.54) is 0 Å². The average Bonchev–Trinajstić information content (AvgIpc) is 3.16. The van der Waals surface area contributed by atoms with Crippen molar-refractivity contribution in [3.63, 3.8) is 0 Å². The number of carbonyl (C=O) groups excluding carboxylic acids is 2. The third-order valence-corrected chi connectivity index (χ3v) is 4.92. The number of nitrogens with one attached hydrogen (secondary N) is 2. The summed E-state index contributed by atoms with van der Waals surface area (Å²) in [5, 5.41) is 14.2. The molecule has 1 aromatic carbocycles. The van der Waals surface area contributed by atoms with Gasteiger partial charge in [-0.15, -0.1) is 10.2 Å². The highest BCUT2D eigenvalue weighted by molar-refractivity contribution is 7.98. The summed E-state index contributed by atoms with van der Waals surface area (Å²) in [7, 11) is 0. The number of fused-ring (bicyclic) bond motifs is 1. The first kappa shape index (κ1) is 19.9. The van der Waals surface area contributed by atoms with Crippen LogP contribution in [0.25, 0.3) is 5.65 Å². The number of hydrogen-bond donors (Lipinski definition) is 2. The lowest BCUT2D eigenvalue weighted by Gasteiger charge is -2.17. The summed E-state index contributed by atoms with van der Waals surface area (Å²) in [5.41, 5.74) is 1.33. The van der Waals surface area contributed by atoms with Crippen LogP contribution in [-0.2, 0) is 4.79 Å². The van der Waals surface area contributed by atoms with Gasteiger partial charge in [-0.25, -0.2) is 0 Å². The molecule has 0 radical (unpaired) electrons.